The fraction of sp³-hybridized carbons (Fsp3) is 0.462. The normalized spacial score (nSPS) is 23.0. The monoisotopic (exact) mass is 268 g/mol. The topological polar surface area (TPSA) is 64.4 Å². The first-order chi connectivity index (χ1) is 8.50. The summed E-state index contributed by atoms with van der Waals surface area (Å²) in [4.78, 5) is 12.0. The molecule has 0 spiro atoms. The van der Waals surface area contributed by atoms with E-state index in [0.29, 0.717) is 22.8 Å². The van der Waals surface area contributed by atoms with Gasteiger partial charge in [-0.2, -0.15) is 0 Å². The van der Waals surface area contributed by atoms with Crippen LogP contribution in [0.1, 0.15) is 30.1 Å². The highest BCUT2D eigenvalue weighted by molar-refractivity contribution is 6.34. The molecule has 1 saturated heterocycles. The molecular formula is C13H17ClN2O2. The van der Waals surface area contributed by atoms with Crippen LogP contribution in [-0.2, 0) is 4.74 Å². The van der Waals surface area contributed by atoms with Gasteiger partial charge >= 0.3 is 0 Å². The Hall–Kier alpha value is -1.26. The molecule has 18 heavy (non-hydrogen) atoms. The van der Waals surface area contributed by atoms with E-state index in [2.05, 4.69) is 5.32 Å². The molecule has 3 N–H and O–H groups in total. The summed E-state index contributed by atoms with van der Waals surface area (Å²) in [5, 5.41) is 3.22. The largest absolute Gasteiger partial charge is 0.399 e. The van der Waals surface area contributed by atoms with Crippen LogP contribution < -0.4 is 11.1 Å². The van der Waals surface area contributed by atoms with Crippen molar-refractivity contribution in [2.45, 2.75) is 25.4 Å². The Balaban J connectivity index is 1.99. The molecule has 0 radical (unpaired) electrons. The van der Waals surface area contributed by atoms with Gasteiger partial charge in [0.25, 0.3) is 5.91 Å². The molecule has 1 aromatic carbocycles. The van der Waals surface area contributed by atoms with Gasteiger partial charge in [-0.05, 0) is 38.0 Å². The van der Waals surface area contributed by atoms with Crippen molar-refractivity contribution in [2.75, 3.05) is 18.9 Å². The van der Waals surface area contributed by atoms with Crippen LogP contribution in [-0.4, -0.2) is 24.7 Å². The van der Waals surface area contributed by atoms with E-state index in [4.69, 9.17) is 22.1 Å². The van der Waals surface area contributed by atoms with Crippen LogP contribution in [0.4, 0.5) is 5.69 Å². The van der Waals surface area contributed by atoms with E-state index >= 15 is 0 Å². The highest BCUT2D eigenvalue weighted by Crippen LogP contribution is 2.24. The highest BCUT2D eigenvalue weighted by Gasteiger charge is 2.30. The quantitative estimate of drug-likeness (QED) is 0.826. The number of benzene rings is 1. The van der Waals surface area contributed by atoms with Gasteiger partial charge in [0.1, 0.15) is 0 Å². The number of carbonyl (C=O) groups excluding carboxylic acids is 1. The molecule has 1 heterocycles. The van der Waals surface area contributed by atoms with E-state index in [1.165, 1.54) is 0 Å². The molecule has 2 rings (SSSR count). The zero-order valence-corrected chi connectivity index (χ0v) is 11.1. The average molecular weight is 269 g/mol. The molecule has 1 aromatic rings. The minimum atomic E-state index is -0.254. The molecule has 1 atom stereocenters. The molecule has 0 bridgehead atoms. The third-order valence-corrected chi connectivity index (χ3v) is 3.47. The summed E-state index contributed by atoms with van der Waals surface area (Å²) in [5.41, 5.74) is 6.31. The maximum Gasteiger partial charge on any atom is 0.252 e. The summed E-state index contributed by atoms with van der Waals surface area (Å²) in [6, 6.07) is 4.86. The van der Waals surface area contributed by atoms with E-state index in [1.807, 2.05) is 6.92 Å². The highest BCUT2D eigenvalue weighted by atomic mass is 35.5. The summed E-state index contributed by atoms with van der Waals surface area (Å²) < 4.78 is 5.61. The first-order valence-electron chi connectivity index (χ1n) is 5.97. The van der Waals surface area contributed by atoms with Gasteiger partial charge in [0.15, 0.2) is 0 Å². The maximum absolute atomic E-state index is 12.0. The smallest absolute Gasteiger partial charge is 0.252 e. The number of amides is 1. The number of hydrogen-bond donors (Lipinski definition) is 2. The molecule has 1 aliphatic rings. The molecule has 1 aliphatic heterocycles. The molecule has 98 valence electrons. The molecule has 0 aromatic heterocycles. The summed E-state index contributed by atoms with van der Waals surface area (Å²) in [6.45, 7) is 3.26. The number of hydrogen-bond acceptors (Lipinski definition) is 3. The van der Waals surface area contributed by atoms with Crippen molar-refractivity contribution >= 4 is 23.2 Å². The lowest BCUT2D eigenvalue weighted by Crippen LogP contribution is -2.40. The van der Waals surface area contributed by atoms with E-state index in [-0.39, 0.29) is 11.5 Å². The van der Waals surface area contributed by atoms with Crippen LogP contribution in [0.15, 0.2) is 18.2 Å². The predicted molar refractivity (Wildman–Crippen MR) is 71.8 cm³/mol. The second kappa shape index (κ2) is 5.16. The second-order valence-electron chi connectivity index (χ2n) is 4.82. The standard InChI is InChI=1S/C13H17ClN2O2/c1-13(5-2-6-18-13)8-16-12(17)10-4-3-9(15)7-11(10)14/h3-4,7H,2,5-6,8,15H2,1H3,(H,16,17). The Morgan fingerprint density at radius 2 is 2.39 bits per heavy atom. The van der Waals surface area contributed by atoms with E-state index in [9.17, 15) is 4.79 Å². The lowest BCUT2D eigenvalue weighted by molar-refractivity contribution is 0.0206. The van der Waals surface area contributed by atoms with Crippen LogP contribution in [0, 0.1) is 0 Å². The zero-order chi connectivity index (χ0) is 13.2. The molecule has 5 heteroatoms. The number of halogens is 1. The Morgan fingerprint density at radius 1 is 1.61 bits per heavy atom. The molecule has 4 nitrogen and oxygen atoms in total. The summed E-state index contributed by atoms with van der Waals surface area (Å²) in [5.74, 6) is -0.197. The van der Waals surface area contributed by atoms with Crippen LogP contribution >= 0.6 is 11.6 Å². The molecule has 1 amide bonds. The fourth-order valence-corrected chi connectivity index (χ4v) is 2.33. The molecule has 1 unspecified atom stereocenters. The minimum Gasteiger partial charge on any atom is -0.399 e. The number of rotatable bonds is 3. The number of anilines is 1. The summed E-state index contributed by atoms with van der Waals surface area (Å²) in [7, 11) is 0. The van der Waals surface area contributed by atoms with Crippen molar-refractivity contribution < 1.29 is 9.53 Å². The van der Waals surface area contributed by atoms with Crippen LogP contribution in [0.5, 0.6) is 0 Å². The SMILES string of the molecule is CC1(CNC(=O)c2ccc(N)cc2Cl)CCCO1. The Kier molecular flexibility index (Phi) is 3.78. The van der Waals surface area contributed by atoms with Crippen LogP contribution in [0.25, 0.3) is 0 Å². The van der Waals surface area contributed by atoms with E-state index in [1.54, 1.807) is 18.2 Å². The first kappa shape index (κ1) is 13.2. The van der Waals surface area contributed by atoms with Gasteiger partial charge in [-0.1, -0.05) is 11.6 Å². The number of carbonyl (C=O) groups is 1. The average Bonchev–Trinajstić information content (AvgIpc) is 2.74. The van der Waals surface area contributed by atoms with Crippen molar-refractivity contribution in [2.24, 2.45) is 0 Å². The van der Waals surface area contributed by atoms with E-state index < -0.39 is 0 Å². The molecule has 0 saturated carbocycles. The van der Waals surface area contributed by atoms with Gasteiger partial charge in [-0.25, -0.2) is 0 Å². The maximum atomic E-state index is 12.0. The van der Waals surface area contributed by atoms with Gasteiger partial charge in [0.05, 0.1) is 16.2 Å². The van der Waals surface area contributed by atoms with Crippen LogP contribution in [0.3, 0.4) is 0 Å². The van der Waals surface area contributed by atoms with E-state index in [0.717, 1.165) is 19.4 Å². The van der Waals surface area contributed by atoms with Gasteiger partial charge in [-0.3, -0.25) is 4.79 Å². The lowest BCUT2D eigenvalue weighted by Gasteiger charge is -2.23. The van der Waals surface area contributed by atoms with Gasteiger partial charge in [0.2, 0.25) is 0 Å². The van der Waals surface area contributed by atoms with Crippen molar-refractivity contribution in [3.8, 4) is 0 Å². The van der Waals surface area contributed by atoms with Crippen LogP contribution in [0.2, 0.25) is 5.02 Å². The number of nitrogens with two attached hydrogens (primary N) is 1. The third-order valence-electron chi connectivity index (χ3n) is 3.16. The molecule has 1 fully saturated rings. The van der Waals surface area contributed by atoms with Crippen molar-refractivity contribution in [1.29, 1.82) is 0 Å². The molecule has 0 aliphatic carbocycles. The van der Waals surface area contributed by atoms with Crippen molar-refractivity contribution in [3.05, 3.63) is 28.8 Å². The number of ether oxygens (including phenoxy) is 1. The van der Waals surface area contributed by atoms with Crippen molar-refractivity contribution in [3.63, 3.8) is 0 Å². The minimum absolute atomic E-state index is 0.197. The Bertz CT molecular complexity index is 456. The second-order valence-corrected chi connectivity index (χ2v) is 5.23. The molecular weight excluding hydrogens is 252 g/mol. The van der Waals surface area contributed by atoms with Gasteiger partial charge in [-0.15, -0.1) is 0 Å². The predicted octanol–water partition coefficient (Wildman–Crippen LogP) is 2.22. The Morgan fingerprint density at radius 3 is 3.00 bits per heavy atom. The van der Waals surface area contributed by atoms with Crippen molar-refractivity contribution in [1.82, 2.24) is 5.32 Å². The summed E-state index contributed by atoms with van der Waals surface area (Å²) in [6.07, 6.45) is 2.00. The number of nitrogen functional groups attached to an aromatic ring is 1. The summed E-state index contributed by atoms with van der Waals surface area (Å²) >= 11 is 5.98. The van der Waals surface area contributed by atoms with Gasteiger partial charge in [0, 0.05) is 18.8 Å². The number of nitrogens with one attached hydrogen (secondary N) is 1. The fourth-order valence-electron chi connectivity index (χ4n) is 2.05. The zero-order valence-electron chi connectivity index (χ0n) is 10.3. The first-order valence-corrected chi connectivity index (χ1v) is 6.35. The Labute approximate surface area is 111 Å². The third kappa shape index (κ3) is 2.94. The van der Waals surface area contributed by atoms with Gasteiger partial charge < -0.3 is 15.8 Å². The lowest BCUT2D eigenvalue weighted by atomic mass is 10.0.